The first-order chi connectivity index (χ1) is 16.0. The lowest BCUT2D eigenvalue weighted by Gasteiger charge is -2.25. The van der Waals surface area contributed by atoms with Gasteiger partial charge in [-0.3, -0.25) is 14.4 Å². The molecule has 0 aliphatic carbocycles. The summed E-state index contributed by atoms with van der Waals surface area (Å²) in [7, 11) is 2.93. The van der Waals surface area contributed by atoms with Crippen LogP contribution in [0.15, 0.2) is 66.7 Å². The Kier molecular flexibility index (Phi) is 6.26. The van der Waals surface area contributed by atoms with E-state index in [-0.39, 0.29) is 24.1 Å². The third-order valence-electron chi connectivity index (χ3n) is 5.38. The van der Waals surface area contributed by atoms with Gasteiger partial charge < -0.3 is 25.4 Å². The van der Waals surface area contributed by atoms with Crippen LogP contribution in [0, 0.1) is 0 Å². The Labute approximate surface area is 190 Å². The van der Waals surface area contributed by atoms with E-state index in [1.165, 1.54) is 14.2 Å². The summed E-state index contributed by atoms with van der Waals surface area (Å²) >= 11 is 0. The van der Waals surface area contributed by atoms with E-state index in [1.807, 2.05) is 18.2 Å². The first-order valence-electron chi connectivity index (χ1n) is 10.3. The first kappa shape index (κ1) is 21.9. The number of nitrogens with one attached hydrogen (secondary N) is 3. The van der Waals surface area contributed by atoms with Crippen molar-refractivity contribution in [3.63, 3.8) is 0 Å². The van der Waals surface area contributed by atoms with E-state index in [4.69, 9.17) is 9.47 Å². The van der Waals surface area contributed by atoms with E-state index >= 15 is 0 Å². The Bertz CT molecular complexity index is 1210. The number of rotatable bonds is 6. The molecule has 1 aliphatic rings. The normalized spacial score (nSPS) is 14.5. The molecule has 8 nitrogen and oxygen atoms in total. The molecule has 168 valence electrons. The number of benzene rings is 3. The SMILES string of the molecule is COc1cc(NC(=O)C2CC(=O)Nc3ccccc32)c(OC)cc1NC(=O)c1ccccc1. The van der Waals surface area contributed by atoms with Crippen LogP contribution < -0.4 is 25.4 Å². The average molecular weight is 445 g/mol. The molecule has 3 aromatic rings. The number of anilines is 3. The highest BCUT2D eigenvalue weighted by molar-refractivity contribution is 6.07. The molecule has 1 unspecified atom stereocenters. The van der Waals surface area contributed by atoms with E-state index in [2.05, 4.69) is 16.0 Å². The van der Waals surface area contributed by atoms with Gasteiger partial charge in [0.15, 0.2) is 0 Å². The number of fused-ring (bicyclic) bond motifs is 1. The van der Waals surface area contributed by atoms with E-state index in [0.717, 1.165) is 5.56 Å². The van der Waals surface area contributed by atoms with Crippen LogP contribution in [0.2, 0.25) is 0 Å². The second-order valence-electron chi connectivity index (χ2n) is 7.45. The minimum absolute atomic E-state index is 0.0352. The van der Waals surface area contributed by atoms with Crippen LogP contribution in [0.5, 0.6) is 11.5 Å². The summed E-state index contributed by atoms with van der Waals surface area (Å²) in [5, 5.41) is 8.43. The van der Waals surface area contributed by atoms with Crippen molar-refractivity contribution in [2.24, 2.45) is 0 Å². The molecule has 8 heteroatoms. The van der Waals surface area contributed by atoms with Gasteiger partial charge in [0.25, 0.3) is 5.91 Å². The molecule has 3 amide bonds. The number of methoxy groups -OCH3 is 2. The van der Waals surface area contributed by atoms with Gasteiger partial charge in [0, 0.05) is 29.8 Å². The van der Waals surface area contributed by atoms with Crippen LogP contribution in [-0.4, -0.2) is 31.9 Å². The number of amides is 3. The molecule has 1 heterocycles. The van der Waals surface area contributed by atoms with E-state index in [0.29, 0.717) is 34.1 Å². The van der Waals surface area contributed by atoms with Crippen molar-refractivity contribution < 1.29 is 23.9 Å². The lowest BCUT2D eigenvalue weighted by Crippen LogP contribution is -2.30. The molecule has 3 aromatic carbocycles. The van der Waals surface area contributed by atoms with Gasteiger partial charge in [-0.05, 0) is 23.8 Å². The summed E-state index contributed by atoms with van der Waals surface area (Å²) in [5.41, 5.74) is 2.61. The molecule has 0 saturated heterocycles. The van der Waals surface area contributed by atoms with E-state index in [1.54, 1.807) is 48.5 Å². The molecule has 1 atom stereocenters. The van der Waals surface area contributed by atoms with Gasteiger partial charge in [-0.25, -0.2) is 0 Å². The Morgan fingerprint density at radius 3 is 2.15 bits per heavy atom. The van der Waals surface area contributed by atoms with Crippen LogP contribution in [0.3, 0.4) is 0 Å². The van der Waals surface area contributed by atoms with Crippen LogP contribution >= 0.6 is 0 Å². The zero-order valence-corrected chi connectivity index (χ0v) is 18.2. The third-order valence-corrected chi connectivity index (χ3v) is 5.38. The quantitative estimate of drug-likeness (QED) is 0.531. The molecule has 33 heavy (non-hydrogen) atoms. The van der Waals surface area contributed by atoms with Crippen molar-refractivity contribution in [1.82, 2.24) is 0 Å². The van der Waals surface area contributed by atoms with Crippen molar-refractivity contribution >= 4 is 34.8 Å². The lowest BCUT2D eigenvalue weighted by atomic mass is 9.89. The van der Waals surface area contributed by atoms with E-state index < -0.39 is 5.92 Å². The number of carbonyl (C=O) groups excluding carboxylic acids is 3. The molecule has 0 spiro atoms. The van der Waals surface area contributed by atoms with Gasteiger partial charge in [0.2, 0.25) is 11.8 Å². The minimum Gasteiger partial charge on any atom is -0.494 e. The molecule has 4 rings (SSSR count). The minimum atomic E-state index is -0.650. The Hall–Kier alpha value is -4.33. The first-order valence-corrected chi connectivity index (χ1v) is 10.3. The van der Waals surface area contributed by atoms with Crippen LogP contribution in [0.25, 0.3) is 0 Å². The standard InChI is InChI=1S/C25H23N3O5/c1-32-21-14-20(22(33-2)13-19(21)27-24(30)15-8-4-3-5-9-15)28-25(31)17-12-23(29)26-18-11-7-6-10-16(17)18/h3-11,13-14,17H,12H2,1-2H3,(H,26,29)(H,27,30)(H,28,31). The number of hydrogen-bond acceptors (Lipinski definition) is 5. The van der Waals surface area contributed by atoms with Gasteiger partial charge in [-0.15, -0.1) is 0 Å². The van der Waals surface area contributed by atoms with Gasteiger partial charge in [0.1, 0.15) is 11.5 Å². The van der Waals surface area contributed by atoms with Gasteiger partial charge in [-0.1, -0.05) is 36.4 Å². The summed E-state index contributed by atoms with van der Waals surface area (Å²) in [4.78, 5) is 37.8. The lowest BCUT2D eigenvalue weighted by molar-refractivity contribution is -0.123. The second-order valence-corrected chi connectivity index (χ2v) is 7.45. The summed E-state index contributed by atoms with van der Waals surface area (Å²) in [6.07, 6.45) is 0.0352. The molecule has 3 N–H and O–H groups in total. The maximum Gasteiger partial charge on any atom is 0.255 e. The maximum atomic E-state index is 13.1. The molecule has 0 bridgehead atoms. The highest BCUT2D eigenvalue weighted by Gasteiger charge is 2.31. The highest BCUT2D eigenvalue weighted by Crippen LogP contribution is 2.38. The molecular weight excluding hydrogens is 422 g/mol. The van der Waals surface area contributed by atoms with Crippen molar-refractivity contribution in [3.8, 4) is 11.5 Å². The summed E-state index contributed by atoms with van der Waals surface area (Å²) in [6.45, 7) is 0. The van der Waals surface area contributed by atoms with Gasteiger partial charge in [0.05, 0.1) is 31.5 Å². The zero-order chi connectivity index (χ0) is 23.4. The van der Waals surface area contributed by atoms with Crippen LogP contribution in [0.1, 0.15) is 28.3 Å². The number of para-hydroxylation sites is 1. The summed E-state index contributed by atoms with van der Waals surface area (Å²) in [5.74, 6) is -0.852. The molecule has 0 radical (unpaired) electrons. The molecule has 0 fully saturated rings. The molecule has 0 aromatic heterocycles. The average Bonchev–Trinajstić information content (AvgIpc) is 2.84. The van der Waals surface area contributed by atoms with Crippen molar-refractivity contribution in [2.45, 2.75) is 12.3 Å². The Balaban J connectivity index is 1.60. The number of carbonyl (C=O) groups is 3. The predicted molar refractivity (Wildman–Crippen MR) is 125 cm³/mol. The second kappa shape index (κ2) is 9.44. The predicted octanol–water partition coefficient (Wildman–Crippen LogP) is 4.02. The number of hydrogen-bond donors (Lipinski definition) is 3. The van der Waals surface area contributed by atoms with Crippen LogP contribution in [-0.2, 0) is 9.59 Å². The van der Waals surface area contributed by atoms with E-state index in [9.17, 15) is 14.4 Å². The van der Waals surface area contributed by atoms with Gasteiger partial charge in [-0.2, -0.15) is 0 Å². The van der Waals surface area contributed by atoms with Gasteiger partial charge >= 0.3 is 0 Å². The smallest absolute Gasteiger partial charge is 0.255 e. The van der Waals surface area contributed by atoms with Crippen molar-refractivity contribution in [1.29, 1.82) is 0 Å². The topological polar surface area (TPSA) is 106 Å². The molecular formula is C25H23N3O5. The van der Waals surface area contributed by atoms with Crippen molar-refractivity contribution in [2.75, 3.05) is 30.2 Å². The fourth-order valence-electron chi connectivity index (χ4n) is 3.74. The summed E-state index contributed by atoms with van der Waals surface area (Å²) < 4.78 is 10.9. The molecule has 0 saturated carbocycles. The van der Waals surface area contributed by atoms with Crippen LogP contribution in [0.4, 0.5) is 17.1 Å². The maximum absolute atomic E-state index is 13.1. The Morgan fingerprint density at radius 1 is 0.879 bits per heavy atom. The Morgan fingerprint density at radius 2 is 1.48 bits per heavy atom. The van der Waals surface area contributed by atoms with Crippen molar-refractivity contribution in [3.05, 3.63) is 77.9 Å². The fourth-order valence-corrected chi connectivity index (χ4v) is 3.74. The number of ether oxygens (including phenoxy) is 2. The molecule has 1 aliphatic heterocycles. The highest BCUT2D eigenvalue weighted by atomic mass is 16.5. The largest absolute Gasteiger partial charge is 0.494 e. The third kappa shape index (κ3) is 4.64. The fraction of sp³-hybridized carbons (Fsp3) is 0.160. The zero-order valence-electron chi connectivity index (χ0n) is 18.2. The monoisotopic (exact) mass is 445 g/mol. The summed E-state index contributed by atoms with van der Waals surface area (Å²) in [6, 6.07) is 19.1.